The van der Waals surface area contributed by atoms with Crippen molar-refractivity contribution in [3.8, 4) is 0 Å². The van der Waals surface area contributed by atoms with E-state index >= 15 is 0 Å². The van der Waals surface area contributed by atoms with Crippen molar-refractivity contribution in [2.45, 2.75) is 19.1 Å². The number of nitrogens with two attached hydrogens (primary N) is 1. The Morgan fingerprint density at radius 3 is 2.47 bits per heavy atom. The largest absolute Gasteiger partial charge is 0.378 e. The SMILES string of the molecule is CN(Cc1ccc(CN)cc1)c1nc(C2CNCCN2C(=O)N2CCOCC2)nn1C(=O)c1ccccc1. The van der Waals surface area contributed by atoms with E-state index in [1.54, 1.807) is 12.1 Å². The van der Waals surface area contributed by atoms with Gasteiger partial charge in [-0.2, -0.15) is 9.67 Å². The van der Waals surface area contributed by atoms with E-state index in [0.717, 1.165) is 11.1 Å². The highest BCUT2D eigenvalue weighted by Crippen LogP contribution is 2.25. The summed E-state index contributed by atoms with van der Waals surface area (Å²) in [5.74, 6) is 0.573. The Hall–Kier alpha value is -3.80. The van der Waals surface area contributed by atoms with Crippen molar-refractivity contribution in [3.63, 3.8) is 0 Å². The molecule has 3 aromatic rings. The summed E-state index contributed by atoms with van der Waals surface area (Å²) in [6, 6.07) is 16.6. The fourth-order valence-corrected chi connectivity index (χ4v) is 4.77. The predicted molar refractivity (Wildman–Crippen MR) is 143 cm³/mol. The average molecular weight is 519 g/mol. The molecule has 11 nitrogen and oxygen atoms in total. The summed E-state index contributed by atoms with van der Waals surface area (Å²) in [5, 5.41) is 8.05. The van der Waals surface area contributed by atoms with Crippen LogP contribution in [0.15, 0.2) is 54.6 Å². The van der Waals surface area contributed by atoms with Gasteiger partial charge < -0.3 is 30.5 Å². The molecule has 2 aliphatic rings. The molecule has 11 heteroatoms. The minimum atomic E-state index is -0.403. The molecule has 2 aliphatic heterocycles. The van der Waals surface area contributed by atoms with Crippen molar-refractivity contribution in [3.05, 3.63) is 77.1 Å². The van der Waals surface area contributed by atoms with Crippen molar-refractivity contribution in [1.82, 2.24) is 29.9 Å². The van der Waals surface area contributed by atoms with Crippen LogP contribution in [0.1, 0.15) is 33.4 Å². The number of carbonyl (C=O) groups excluding carboxylic acids is 2. The van der Waals surface area contributed by atoms with Gasteiger partial charge in [0, 0.05) is 58.4 Å². The molecule has 3 N–H and O–H groups in total. The number of piperazine rings is 1. The molecular weight excluding hydrogens is 484 g/mol. The van der Waals surface area contributed by atoms with E-state index in [2.05, 4.69) is 5.32 Å². The Morgan fingerprint density at radius 2 is 1.76 bits per heavy atom. The van der Waals surface area contributed by atoms with Crippen LogP contribution in [0.4, 0.5) is 10.7 Å². The number of nitrogens with zero attached hydrogens (tertiary/aromatic N) is 6. The molecule has 5 rings (SSSR count). The number of anilines is 1. The number of benzene rings is 2. The molecule has 2 amide bonds. The lowest BCUT2D eigenvalue weighted by molar-refractivity contribution is 0.0362. The zero-order valence-corrected chi connectivity index (χ0v) is 21.6. The first-order valence-corrected chi connectivity index (χ1v) is 12.9. The zero-order chi connectivity index (χ0) is 26.5. The average Bonchev–Trinajstić information content (AvgIpc) is 3.43. The first-order valence-electron chi connectivity index (χ1n) is 12.9. The monoisotopic (exact) mass is 518 g/mol. The molecule has 0 spiro atoms. The molecule has 0 saturated carbocycles. The predicted octanol–water partition coefficient (Wildman–Crippen LogP) is 1.46. The summed E-state index contributed by atoms with van der Waals surface area (Å²) < 4.78 is 6.77. The summed E-state index contributed by atoms with van der Waals surface area (Å²) in [6.45, 7) is 4.89. The Morgan fingerprint density at radius 1 is 1.05 bits per heavy atom. The number of hydrogen-bond acceptors (Lipinski definition) is 8. The molecule has 3 heterocycles. The number of morpholine rings is 1. The second-order valence-corrected chi connectivity index (χ2v) is 9.52. The van der Waals surface area contributed by atoms with Crippen LogP contribution in [0.5, 0.6) is 0 Å². The molecule has 38 heavy (non-hydrogen) atoms. The summed E-state index contributed by atoms with van der Waals surface area (Å²) in [4.78, 5) is 37.4. The highest BCUT2D eigenvalue weighted by molar-refractivity contribution is 5.96. The molecule has 1 unspecified atom stereocenters. The van der Waals surface area contributed by atoms with Crippen molar-refractivity contribution < 1.29 is 14.3 Å². The second kappa shape index (κ2) is 11.7. The highest BCUT2D eigenvalue weighted by Gasteiger charge is 2.35. The molecule has 200 valence electrons. The van der Waals surface area contributed by atoms with Crippen molar-refractivity contribution in [1.29, 1.82) is 0 Å². The minimum Gasteiger partial charge on any atom is -0.378 e. The van der Waals surface area contributed by atoms with Gasteiger partial charge in [0.1, 0.15) is 6.04 Å². The van der Waals surface area contributed by atoms with E-state index in [9.17, 15) is 9.59 Å². The second-order valence-electron chi connectivity index (χ2n) is 9.52. The fourth-order valence-electron chi connectivity index (χ4n) is 4.77. The summed E-state index contributed by atoms with van der Waals surface area (Å²) >= 11 is 0. The van der Waals surface area contributed by atoms with E-state index in [1.165, 1.54) is 4.68 Å². The molecular formula is C27H34N8O3. The third-order valence-electron chi connectivity index (χ3n) is 6.91. The number of rotatable bonds is 6. The van der Waals surface area contributed by atoms with E-state index in [0.29, 0.717) is 76.4 Å². The van der Waals surface area contributed by atoms with Crippen LogP contribution in [0.3, 0.4) is 0 Å². The molecule has 0 aliphatic carbocycles. The maximum atomic E-state index is 13.6. The van der Waals surface area contributed by atoms with Crippen LogP contribution >= 0.6 is 0 Å². The first kappa shape index (κ1) is 25.8. The lowest BCUT2D eigenvalue weighted by atomic mass is 10.1. The van der Waals surface area contributed by atoms with Gasteiger partial charge in [0.05, 0.1) is 13.2 Å². The van der Waals surface area contributed by atoms with Crippen LogP contribution in [0.25, 0.3) is 0 Å². The maximum Gasteiger partial charge on any atom is 0.320 e. The van der Waals surface area contributed by atoms with E-state index in [1.807, 2.05) is 64.2 Å². The standard InChI is InChI=1S/C27H34N8O3/c1-32(19-21-9-7-20(17-28)8-10-21)26-30-24(31-35(26)25(36)22-5-3-2-4-6-22)23-18-29-11-12-34(23)27(37)33-13-15-38-16-14-33/h2-10,23,29H,11-19,28H2,1H3. The smallest absolute Gasteiger partial charge is 0.320 e. The van der Waals surface area contributed by atoms with Gasteiger partial charge in [-0.15, -0.1) is 5.10 Å². The number of aromatic nitrogens is 3. The lowest BCUT2D eigenvalue weighted by Gasteiger charge is -2.39. The van der Waals surface area contributed by atoms with Crippen LogP contribution in [0.2, 0.25) is 0 Å². The minimum absolute atomic E-state index is 0.0552. The summed E-state index contributed by atoms with van der Waals surface area (Å²) in [5.41, 5.74) is 8.35. The van der Waals surface area contributed by atoms with Crippen molar-refractivity contribution >= 4 is 17.9 Å². The normalized spacial score (nSPS) is 17.9. The molecule has 1 aromatic heterocycles. The molecule has 0 bridgehead atoms. The van der Waals surface area contributed by atoms with E-state index in [4.69, 9.17) is 20.6 Å². The lowest BCUT2D eigenvalue weighted by Crippen LogP contribution is -2.55. The number of ether oxygens (including phenoxy) is 1. The van der Waals surface area contributed by atoms with Crippen molar-refractivity contribution in [2.75, 3.05) is 57.9 Å². The van der Waals surface area contributed by atoms with Gasteiger partial charge in [0.25, 0.3) is 5.91 Å². The Kier molecular flexibility index (Phi) is 7.97. The fraction of sp³-hybridized carbons (Fsp3) is 0.407. The van der Waals surface area contributed by atoms with Gasteiger partial charge in [0.2, 0.25) is 5.95 Å². The van der Waals surface area contributed by atoms with Gasteiger partial charge in [-0.1, -0.05) is 42.5 Å². The summed E-state index contributed by atoms with van der Waals surface area (Å²) in [7, 11) is 1.88. The molecule has 1 atom stereocenters. The topological polar surface area (TPSA) is 122 Å². The third-order valence-corrected chi connectivity index (χ3v) is 6.91. The van der Waals surface area contributed by atoms with Gasteiger partial charge in [0.15, 0.2) is 5.82 Å². The Balaban J connectivity index is 1.47. The number of hydrogen-bond donors (Lipinski definition) is 2. The maximum absolute atomic E-state index is 13.6. The molecule has 2 fully saturated rings. The number of urea groups is 1. The van der Waals surface area contributed by atoms with Gasteiger partial charge >= 0.3 is 6.03 Å². The van der Waals surface area contributed by atoms with Gasteiger partial charge in [-0.3, -0.25) is 4.79 Å². The number of amides is 2. The number of nitrogens with one attached hydrogen (secondary N) is 1. The van der Waals surface area contributed by atoms with E-state index < -0.39 is 6.04 Å². The molecule has 0 radical (unpaired) electrons. The van der Waals surface area contributed by atoms with Crippen LogP contribution in [-0.4, -0.2) is 89.5 Å². The van der Waals surface area contributed by atoms with Gasteiger partial charge in [-0.25, -0.2) is 4.79 Å². The Labute approximate surface area is 222 Å². The quantitative estimate of drug-likeness (QED) is 0.503. The molecule has 2 saturated heterocycles. The summed E-state index contributed by atoms with van der Waals surface area (Å²) in [6.07, 6.45) is 0. The van der Waals surface area contributed by atoms with E-state index in [-0.39, 0.29) is 11.9 Å². The zero-order valence-electron chi connectivity index (χ0n) is 21.6. The highest BCUT2D eigenvalue weighted by atomic mass is 16.5. The van der Waals surface area contributed by atoms with Crippen LogP contribution in [-0.2, 0) is 17.8 Å². The molecule has 2 aromatic carbocycles. The van der Waals surface area contributed by atoms with Crippen molar-refractivity contribution in [2.24, 2.45) is 5.73 Å². The first-order chi connectivity index (χ1) is 18.5. The van der Waals surface area contributed by atoms with Crippen LogP contribution in [0, 0.1) is 0 Å². The van der Waals surface area contributed by atoms with Gasteiger partial charge in [-0.05, 0) is 23.3 Å². The third kappa shape index (κ3) is 5.54. The Bertz CT molecular complexity index is 1240. The van der Waals surface area contributed by atoms with Crippen LogP contribution < -0.4 is 16.0 Å². The number of carbonyl (C=O) groups is 2.